The third-order valence-corrected chi connectivity index (χ3v) is 5.50. The van der Waals surface area contributed by atoms with E-state index in [0.717, 1.165) is 36.3 Å². The third kappa shape index (κ3) is 4.01. The predicted molar refractivity (Wildman–Crippen MR) is 105 cm³/mol. The van der Waals surface area contributed by atoms with Crippen LogP contribution < -0.4 is 10.1 Å². The van der Waals surface area contributed by atoms with Gasteiger partial charge >= 0.3 is 0 Å². The molecule has 1 aromatic heterocycles. The van der Waals surface area contributed by atoms with Gasteiger partial charge in [0, 0.05) is 31.9 Å². The lowest BCUT2D eigenvalue weighted by molar-refractivity contribution is -0.129. The molecule has 6 heteroatoms. The average Bonchev–Trinajstić information content (AvgIpc) is 3.09. The molecule has 2 amide bonds. The molecule has 3 heterocycles. The van der Waals surface area contributed by atoms with Crippen molar-refractivity contribution in [1.29, 1.82) is 0 Å². The fourth-order valence-corrected chi connectivity index (χ4v) is 3.87. The normalized spacial score (nSPS) is 19.7. The maximum absolute atomic E-state index is 12.7. The second-order valence-corrected chi connectivity index (χ2v) is 7.58. The topological polar surface area (TPSA) is 71.5 Å². The van der Waals surface area contributed by atoms with Gasteiger partial charge in [-0.25, -0.2) is 0 Å². The Hall–Kier alpha value is -2.89. The summed E-state index contributed by atoms with van der Waals surface area (Å²) in [6.45, 7) is 3.72. The molecule has 0 spiro atoms. The van der Waals surface area contributed by atoms with Gasteiger partial charge in [-0.05, 0) is 54.7 Å². The Kier molecular flexibility index (Phi) is 5.28. The Balaban J connectivity index is 1.36. The highest BCUT2D eigenvalue weighted by Gasteiger charge is 2.34. The van der Waals surface area contributed by atoms with Crippen LogP contribution in [0.15, 0.2) is 42.7 Å². The van der Waals surface area contributed by atoms with Crippen molar-refractivity contribution in [2.75, 3.05) is 13.2 Å². The number of carbonyl (C=O) groups excluding carboxylic acids is 2. The molecule has 1 fully saturated rings. The minimum Gasteiger partial charge on any atom is -0.493 e. The van der Waals surface area contributed by atoms with Gasteiger partial charge in [0.1, 0.15) is 5.75 Å². The first-order chi connectivity index (χ1) is 13.6. The number of nitrogens with one attached hydrogen (secondary N) is 1. The van der Waals surface area contributed by atoms with Crippen LogP contribution in [0.25, 0.3) is 0 Å². The lowest BCUT2D eigenvalue weighted by atomic mass is 9.99. The van der Waals surface area contributed by atoms with Crippen molar-refractivity contribution in [2.24, 2.45) is 5.92 Å². The first kappa shape index (κ1) is 18.5. The summed E-state index contributed by atoms with van der Waals surface area (Å²) in [5, 5.41) is 3.08. The molecule has 2 aliphatic rings. The zero-order valence-corrected chi connectivity index (χ0v) is 16.1. The number of fused-ring (bicyclic) bond motifs is 1. The van der Waals surface area contributed by atoms with Crippen molar-refractivity contribution in [3.05, 3.63) is 59.4 Å². The van der Waals surface area contributed by atoms with Crippen molar-refractivity contribution >= 4 is 11.8 Å². The summed E-state index contributed by atoms with van der Waals surface area (Å²) in [6, 6.07) is 9.79. The van der Waals surface area contributed by atoms with Crippen molar-refractivity contribution in [3.8, 4) is 5.75 Å². The molecule has 146 valence electrons. The highest BCUT2D eigenvalue weighted by Crippen LogP contribution is 2.28. The Morgan fingerprint density at radius 2 is 2.14 bits per heavy atom. The van der Waals surface area contributed by atoms with Crippen LogP contribution in [0.4, 0.5) is 0 Å². The van der Waals surface area contributed by atoms with Crippen LogP contribution in [0.5, 0.6) is 5.75 Å². The van der Waals surface area contributed by atoms with E-state index >= 15 is 0 Å². The number of rotatable bonds is 5. The number of aryl methyl sites for hydroxylation is 1. The minimum atomic E-state index is -0.308. The molecule has 2 unspecified atom stereocenters. The first-order valence-corrected chi connectivity index (χ1v) is 9.83. The van der Waals surface area contributed by atoms with Crippen LogP contribution in [0, 0.1) is 5.92 Å². The molecule has 2 aliphatic heterocycles. The molecule has 0 aliphatic carbocycles. The first-order valence-electron chi connectivity index (χ1n) is 9.83. The number of aromatic nitrogens is 1. The van der Waals surface area contributed by atoms with Gasteiger partial charge in [-0.3, -0.25) is 14.6 Å². The zero-order valence-electron chi connectivity index (χ0n) is 16.1. The molecule has 2 aromatic rings. The summed E-state index contributed by atoms with van der Waals surface area (Å²) in [6.07, 6.45) is 5.72. The number of hydrogen-bond donors (Lipinski definition) is 1. The number of benzene rings is 1. The van der Waals surface area contributed by atoms with Crippen molar-refractivity contribution in [1.82, 2.24) is 15.2 Å². The largest absolute Gasteiger partial charge is 0.493 e. The van der Waals surface area contributed by atoms with Gasteiger partial charge in [0.15, 0.2) is 0 Å². The molecule has 0 bridgehead atoms. The maximum atomic E-state index is 12.7. The highest BCUT2D eigenvalue weighted by molar-refractivity contribution is 5.89. The van der Waals surface area contributed by atoms with Gasteiger partial charge < -0.3 is 15.0 Å². The van der Waals surface area contributed by atoms with E-state index in [0.29, 0.717) is 13.1 Å². The Morgan fingerprint density at radius 3 is 2.96 bits per heavy atom. The molecule has 1 saturated heterocycles. The SMILES string of the molecule is CC(NC(=O)C1CC(=O)N(Cc2ccncc2)C1)c1ccc2c(c1)CCCO2. The van der Waals surface area contributed by atoms with E-state index in [4.69, 9.17) is 4.74 Å². The van der Waals surface area contributed by atoms with Gasteiger partial charge in [0.2, 0.25) is 11.8 Å². The van der Waals surface area contributed by atoms with Crippen LogP contribution in [0.1, 0.15) is 42.5 Å². The molecule has 1 N–H and O–H groups in total. The van der Waals surface area contributed by atoms with E-state index in [1.807, 2.05) is 31.2 Å². The lowest BCUT2D eigenvalue weighted by Crippen LogP contribution is -2.34. The summed E-state index contributed by atoms with van der Waals surface area (Å²) in [7, 11) is 0. The van der Waals surface area contributed by atoms with Crippen molar-refractivity contribution < 1.29 is 14.3 Å². The van der Waals surface area contributed by atoms with Gasteiger partial charge in [0.05, 0.1) is 18.6 Å². The van der Waals surface area contributed by atoms with Crippen LogP contribution in [-0.4, -0.2) is 34.8 Å². The summed E-state index contributed by atoms with van der Waals surface area (Å²) in [4.78, 5) is 30.8. The predicted octanol–water partition coefficient (Wildman–Crippen LogP) is 2.63. The van der Waals surface area contributed by atoms with E-state index in [9.17, 15) is 9.59 Å². The zero-order chi connectivity index (χ0) is 19.5. The molecule has 6 nitrogen and oxygen atoms in total. The Bertz CT molecular complexity index is 869. The number of hydrogen-bond acceptors (Lipinski definition) is 4. The third-order valence-electron chi connectivity index (χ3n) is 5.50. The van der Waals surface area contributed by atoms with Crippen LogP contribution >= 0.6 is 0 Å². The summed E-state index contributed by atoms with van der Waals surface area (Å²) < 4.78 is 5.66. The van der Waals surface area contributed by atoms with Gasteiger partial charge in [-0.1, -0.05) is 12.1 Å². The standard InChI is InChI=1S/C22H25N3O3/c1-15(17-4-5-20-18(11-17)3-2-10-28-20)24-22(27)19-12-21(26)25(14-19)13-16-6-8-23-9-7-16/h4-9,11,15,19H,2-3,10,12-14H2,1H3,(H,24,27). The van der Waals surface area contributed by atoms with E-state index < -0.39 is 0 Å². The number of amides is 2. The van der Waals surface area contributed by atoms with E-state index in [1.165, 1.54) is 5.56 Å². The highest BCUT2D eigenvalue weighted by atomic mass is 16.5. The number of likely N-dealkylation sites (tertiary alicyclic amines) is 1. The minimum absolute atomic E-state index is 0.0237. The molecule has 4 rings (SSSR count). The van der Waals surface area contributed by atoms with Crippen molar-refractivity contribution in [2.45, 2.75) is 38.8 Å². The van der Waals surface area contributed by atoms with Crippen LogP contribution in [0.3, 0.4) is 0 Å². The Labute approximate surface area is 164 Å². The molecule has 2 atom stereocenters. The van der Waals surface area contributed by atoms with Gasteiger partial charge in [0.25, 0.3) is 0 Å². The van der Waals surface area contributed by atoms with Gasteiger partial charge in [-0.2, -0.15) is 0 Å². The van der Waals surface area contributed by atoms with Crippen molar-refractivity contribution in [3.63, 3.8) is 0 Å². The lowest BCUT2D eigenvalue weighted by Gasteiger charge is -2.21. The number of carbonyl (C=O) groups is 2. The Morgan fingerprint density at radius 1 is 1.32 bits per heavy atom. The smallest absolute Gasteiger partial charge is 0.225 e. The molecular formula is C22H25N3O3. The second kappa shape index (κ2) is 8.00. The quantitative estimate of drug-likeness (QED) is 0.867. The van der Waals surface area contributed by atoms with Crippen LogP contribution in [0.2, 0.25) is 0 Å². The monoisotopic (exact) mass is 379 g/mol. The summed E-state index contributed by atoms with van der Waals surface area (Å²) >= 11 is 0. The van der Waals surface area contributed by atoms with E-state index in [1.54, 1.807) is 17.3 Å². The van der Waals surface area contributed by atoms with E-state index in [-0.39, 0.29) is 30.2 Å². The molecule has 1 aromatic carbocycles. The van der Waals surface area contributed by atoms with E-state index in [2.05, 4.69) is 16.4 Å². The number of pyridine rings is 1. The number of nitrogens with zero attached hydrogens (tertiary/aromatic N) is 2. The summed E-state index contributed by atoms with van der Waals surface area (Å²) in [5.74, 6) is 0.599. The second-order valence-electron chi connectivity index (χ2n) is 7.58. The fraction of sp³-hybridized carbons (Fsp3) is 0.409. The summed E-state index contributed by atoms with van der Waals surface area (Å²) in [5.41, 5.74) is 3.29. The molecular weight excluding hydrogens is 354 g/mol. The molecule has 0 saturated carbocycles. The maximum Gasteiger partial charge on any atom is 0.225 e. The molecule has 28 heavy (non-hydrogen) atoms. The fourth-order valence-electron chi connectivity index (χ4n) is 3.87. The molecule has 0 radical (unpaired) electrons. The van der Waals surface area contributed by atoms with Gasteiger partial charge in [-0.15, -0.1) is 0 Å². The van der Waals surface area contributed by atoms with Crippen LogP contribution in [-0.2, 0) is 22.6 Å². The number of ether oxygens (including phenoxy) is 1. The average molecular weight is 379 g/mol.